The van der Waals surface area contributed by atoms with Gasteiger partial charge in [-0.1, -0.05) is 140 Å². The van der Waals surface area contributed by atoms with E-state index in [0.29, 0.717) is 5.82 Å². The molecule has 0 aliphatic heterocycles. The molecule has 0 bridgehead atoms. The topological polar surface area (TPSA) is 38.7 Å². The number of pyridine rings is 1. The van der Waals surface area contributed by atoms with Crippen LogP contribution in [0.1, 0.15) is 0 Å². The molecule has 4 heteroatoms. The summed E-state index contributed by atoms with van der Waals surface area (Å²) in [5.41, 5.74) is 10.3. The van der Waals surface area contributed by atoms with Gasteiger partial charge in [-0.05, 0) is 69.4 Å². The Bertz CT molecular complexity index is 2910. The van der Waals surface area contributed by atoms with Crippen molar-refractivity contribution in [1.29, 1.82) is 0 Å². The van der Waals surface area contributed by atoms with E-state index >= 15 is 0 Å². The summed E-state index contributed by atoms with van der Waals surface area (Å²) in [5, 5.41) is 6.05. The lowest BCUT2D eigenvalue weighted by atomic mass is 9.92. The lowest BCUT2D eigenvalue weighted by Crippen LogP contribution is -1.98. The van der Waals surface area contributed by atoms with Gasteiger partial charge in [0.25, 0.3) is 0 Å². The smallest absolute Gasteiger partial charge is 0.179 e. The van der Waals surface area contributed by atoms with E-state index in [9.17, 15) is 0 Å². The predicted octanol–water partition coefficient (Wildman–Crippen LogP) is 12.9. The zero-order chi connectivity index (χ0) is 33.7. The van der Waals surface area contributed by atoms with Crippen molar-refractivity contribution in [2.45, 2.75) is 0 Å². The van der Waals surface area contributed by atoms with Crippen molar-refractivity contribution in [3.05, 3.63) is 176 Å². The Balaban J connectivity index is 1.07. The van der Waals surface area contributed by atoms with Gasteiger partial charge in [0.1, 0.15) is 5.69 Å². The van der Waals surface area contributed by atoms with Gasteiger partial charge in [0.05, 0.1) is 16.9 Å². The Morgan fingerprint density at radius 3 is 1.84 bits per heavy atom. The molecule has 0 atom stereocenters. The molecule has 7 aromatic carbocycles. The fraction of sp³-hybridized carbons (Fsp3) is 0. The highest BCUT2D eigenvalue weighted by Crippen LogP contribution is 2.39. The van der Waals surface area contributed by atoms with Gasteiger partial charge >= 0.3 is 0 Å². The summed E-state index contributed by atoms with van der Waals surface area (Å²) >= 11 is 1.85. The Morgan fingerprint density at radius 1 is 0.333 bits per heavy atom. The second-order valence-corrected chi connectivity index (χ2v) is 13.9. The summed E-state index contributed by atoms with van der Waals surface area (Å²) in [6, 6.07) is 62.2. The van der Waals surface area contributed by atoms with Gasteiger partial charge < -0.3 is 0 Å². The first-order valence-electron chi connectivity index (χ1n) is 17.1. The van der Waals surface area contributed by atoms with E-state index in [2.05, 4.69) is 133 Å². The van der Waals surface area contributed by atoms with Crippen molar-refractivity contribution >= 4 is 53.2 Å². The zero-order valence-electron chi connectivity index (χ0n) is 27.5. The lowest BCUT2D eigenvalue weighted by Gasteiger charge is -2.14. The van der Waals surface area contributed by atoms with E-state index in [1.54, 1.807) is 0 Å². The van der Waals surface area contributed by atoms with Crippen molar-refractivity contribution < 1.29 is 0 Å². The highest BCUT2D eigenvalue weighted by Gasteiger charge is 2.16. The van der Waals surface area contributed by atoms with Gasteiger partial charge in [-0.25, -0.2) is 15.0 Å². The van der Waals surface area contributed by atoms with E-state index in [0.717, 1.165) is 44.5 Å². The van der Waals surface area contributed by atoms with Crippen LogP contribution in [0, 0.1) is 0 Å². The molecule has 0 aliphatic rings. The monoisotopic (exact) mass is 667 g/mol. The molecule has 3 nitrogen and oxygen atoms in total. The number of benzene rings is 7. The number of rotatable bonds is 5. The van der Waals surface area contributed by atoms with Crippen molar-refractivity contribution in [3.63, 3.8) is 0 Å². The first-order valence-corrected chi connectivity index (χ1v) is 17.9. The molecule has 10 rings (SSSR count). The fourth-order valence-corrected chi connectivity index (χ4v) is 8.26. The van der Waals surface area contributed by atoms with Crippen LogP contribution in [0.2, 0.25) is 0 Å². The molecule has 0 spiro atoms. The maximum atomic E-state index is 5.17. The van der Waals surface area contributed by atoms with Crippen molar-refractivity contribution in [3.8, 4) is 56.3 Å². The number of para-hydroxylation sites is 1. The Hall–Kier alpha value is -6.49. The van der Waals surface area contributed by atoms with Crippen molar-refractivity contribution in [1.82, 2.24) is 15.0 Å². The van der Waals surface area contributed by atoms with Gasteiger partial charge in [-0.3, -0.25) is 0 Å². The first kappa shape index (κ1) is 29.4. The van der Waals surface area contributed by atoms with E-state index in [4.69, 9.17) is 15.0 Å². The molecule has 0 amide bonds. The molecule has 0 saturated heterocycles. The molecule has 51 heavy (non-hydrogen) atoms. The van der Waals surface area contributed by atoms with E-state index in [1.807, 2.05) is 53.8 Å². The molecule has 0 N–H and O–H groups in total. The summed E-state index contributed by atoms with van der Waals surface area (Å²) in [7, 11) is 0. The summed E-state index contributed by atoms with van der Waals surface area (Å²) in [6.45, 7) is 0. The molecule has 10 aromatic rings. The highest BCUT2D eigenvalue weighted by molar-refractivity contribution is 7.25. The van der Waals surface area contributed by atoms with Gasteiger partial charge in [-0.15, -0.1) is 11.3 Å². The van der Waals surface area contributed by atoms with Crippen LogP contribution in [0.4, 0.5) is 0 Å². The molecule has 0 unspecified atom stereocenters. The summed E-state index contributed by atoms with van der Waals surface area (Å²) in [4.78, 5) is 15.2. The van der Waals surface area contributed by atoms with Gasteiger partial charge in [0.15, 0.2) is 5.82 Å². The van der Waals surface area contributed by atoms with Crippen molar-refractivity contribution in [2.75, 3.05) is 0 Å². The molecule has 238 valence electrons. The van der Waals surface area contributed by atoms with Crippen LogP contribution in [0.25, 0.3) is 98.1 Å². The first-order chi connectivity index (χ1) is 25.2. The quantitative estimate of drug-likeness (QED) is 0.183. The average Bonchev–Trinajstić information content (AvgIpc) is 3.58. The highest BCUT2D eigenvalue weighted by atomic mass is 32.1. The molecule has 3 heterocycles. The molecule has 0 saturated carbocycles. The van der Waals surface area contributed by atoms with Crippen molar-refractivity contribution in [2.24, 2.45) is 0 Å². The molecule has 0 radical (unpaired) electrons. The number of fused-ring (bicyclic) bond motifs is 5. The second-order valence-electron chi connectivity index (χ2n) is 12.8. The molecule has 0 fully saturated rings. The van der Waals surface area contributed by atoms with Crippen LogP contribution in [0.3, 0.4) is 0 Å². The minimum atomic E-state index is 0.606. The third-order valence-electron chi connectivity index (χ3n) is 9.73. The zero-order valence-corrected chi connectivity index (χ0v) is 28.3. The van der Waals surface area contributed by atoms with Gasteiger partial charge in [-0.2, -0.15) is 0 Å². The molecule has 3 aromatic heterocycles. The van der Waals surface area contributed by atoms with Crippen LogP contribution >= 0.6 is 11.3 Å². The summed E-state index contributed by atoms with van der Waals surface area (Å²) < 4.78 is 2.65. The Kier molecular flexibility index (Phi) is 7.00. The lowest BCUT2D eigenvalue weighted by molar-refractivity contribution is 1.16. The molecule has 0 aliphatic carbocycles. The molecular formula is C47H29N3S. The summed E-state index contributed by atoms with van der Waals surface area (Å²) in [6.07, 6.45) is 0. The maximum absolute atomic E-state index is 5.17. The standard InChI is InChI=1S/C47H29N3S/c1-2-10-32(11-3-1)43-29-44(50-47(49-43)42-26-22-33-12-4-8-16-41(33)48-42)38-25-24-35(36-13-5-6-14-37(36)38)31-20-18-30(19-21-31)34-23-27-46-40(28-34)39-15-7-9-17-45(39)51-46/h1-29H. The predicted molar refractivity (Wildman–Crippen MR) is 215 cm³/mol. The number of aromatic nitrogens is 3. The number of hydrogen-bond acceptors (Lipinski definition) is 4. The minimum Gasteiger partial charge on any atom is -0.244 e. The minimum absolute atomic E-state index is 0.606. The Labute approximate surface area is 299 Å². The third kappa shape index (κ3) is 5.25. The van der Waals surface area contributed by atoms with Crippen LogP contribution in [-0.2, 0) is 0 Å². The van der Waals surface area contributed by atoms with Crippen LogP contribution in [0.5, 0.6) is 0 Å². The fourth-order valence-electron chi connectivity index (χ4n) is 7.17. The number of thiophene rings is 1. The SMILES string of the molecule is c1ccc(-c2cc(-c3ccc(-c4ccc(-c5ccc6sc7ccccc7c6c5)cc4)c4ccccc34)nc(-c3ccc4ccccc4n3)n2)cc1. The maximum Gasteiger partial charge on any atom is 0.179 e. The summed E-state index contributed by atoms with van der Waals surface area (Å²) in [5.74, 6) is 0.606. The third-order valence-corrected chi connectivity index (χ3v) is 10.9. The molecular weight excluding hydrogens is 639 g/mol. The second kappa shape index (κ2) is 12.1. The van der Waals surface area contributed by atoms with E-state index in [-0.39, 0.29) is 0 Å². The van der Waals surface area contributed by atoms with Gasteiger partial charge in [0, 0.05) is 36.7 Å². The number of hydrogen-bond donors (Lipinski definition) is 0. The van der Waals surface area contributed by atoms with Gasteiger partial charge in [0.2, 0.25) is 0 Å². The normalized spacial score (nSPS) is 11.5. The van der Waals surface area contributed by atoms with Crippen LogP contribution in [-0.4, -0.2) is 15.0 Å². The van der Waals surface area contributed by atoms with Crippen LogP contribution < -0.4 is 0 Å². The number of nitrogens with zero attached hydrogens (tertiary/aromatic N) is 3. The Morgan fingerprint density at radius 2 is 0.980 bits per heavy atom. The largest absolute Gasteiger partial charge is 0.244 e. The van der Waals surface area contributed by atoms with E-state index in [1.165, 1.54) is 47.8 Å². The van der Waals surface area contributed by atoms with E-state index < -0.39 is 0 Å². The average molecular weight is 668 g/mol. The van der Waals surface area contributed by atoms with Crippen LogP contribution in [0.15, 0.2) is 176 Å².